The lowest BCUT2D eigenvalue weighted by Gasteiger charge is -2.27. The molecular formula is C23H30N2O3. The molecule has 0 unspecified atom stereocenters. The fourth-order valence-electron chi connectivity index (χ4n) is 3.67. The average Bonchev–Trinajstić information content (AvgIpc) is 2.73. The molecule has 0 atom stereocenters. The highest BCUT2D eigenvalue weighted by molar-refractivity contribution is 5.78. The van der Waals surface area contributed by atoms with Crippen LogP contribution in [0, 0.1) is 0 Å². The van der Waals surface area contributed by atoms with E-state index < -0.39 is 0 Å². The zero-order chi connectivity index (χ0) is 19.8. The number of nitrogens with one attached hydrogen (secondary N) is 1. The number of benzene rings is 2. The van der Waals surface area contributed by atoms with E-state index in [1.165, 1.54) is 43.5 Å². The second-order valence-corrected chi connectivity index (χ2v) is 7.25. The van der Waals surface area contributed by atoms with Crippen molar-refractivity contribution in [1.82, 2.24) is 10.2 Å². The summed E-state index contributed by atoms with van der Waals surface area (Å²) in [6.07, 6.45) is 4.22. The molecule has 1 aliphatic heterocycles. The molecule has 28 heavy (non-hydrogen) atoms. The van der Waals surface area contributed by atoms with E-state index >= 15 is 0 Å². The smallest absolute Gasteiger partial charge is 0.224 e. The Balaban J connectivity index is 1.57. The third-order valence-electron chi connectivity index (χ3n) is 5.25. The number of methoxy groups -OCH3 is 2. The van der Waals surface area contributed by atoms with Crippen LogP contribution in [0.2, 0.25) is 0 Å². The Morgan fingerprint density at radius 2 is 1.68 bits per heavy atom. The van der Waals surface area contributed by atoms with Crippen LogP contribution in [-0.4, -0.2) is 38.1 Å². The lowest BCUT2D eigenvalue weighted by Crippen LogP contribution is -2.30. The highest BCUT2D eigenvalue weighted by Gasteiger charge is 2.13. The van der Waals surface area contributed by atoms with Crippen LogP contribution in [0.5, 0.6) is 11.5 Å². The Morgan fingerprint density at radius 1 is 0.964 bits per heavy atom. The maximum Gasteiger partial charge on any atom is 0.224 e. The Kier molecular flexibility index (Phi) is 7.31. The highest BCUT2D eigenvalue weighted by atomic mass is 16.5. The van der Waals surface area contributed by atoms with Gasteiger partial charge in [-0.3, -0.25) is 9.69 Å². The molecule has 0 radical (unpaired) electrons. The number of rotatable bonds is 8. The van der Waals surface area contributed by atoms with E-state index in [0.29, 0.717) is 24.5 Å². The van der Waals surface area contributed by atoms with E-state index in [4.69, 9.17) is 9.47 Å². The predicted octanol–water partition coefficient (Wildman–Crippen LogP) is 3.55. The lowest BCUT2D eigenvalue weighted by atomic mass is 10.0. The van der Waals surface area contributed by atoms with Gasteiger partial charge in [0, 0.05) is 13.1 Å². The third kappa shape index (κ3) is 5.49. The van der Waals surface area contributed by atoms with E-state index in [2.05, 4.69) is 28.4 Å². The molecule has 1 N–H and O–H groups in total. The van der Waals surface area contributed by atoms with Gasteiger partial charge in [-0.15, -0.1) is 0 Å². The average molecular weight is 383 g/mol. The van der Waals surface area contributed by atoms with Crippen molar-refractivity contribution in [2.24, 2.45) is 0 Å². The molecule has 0 bridgehead atoms. The van der Waals surface area contributed by atoms with Crippen molar-refractivity contribution in [3.63, 3.8) is 0 Å². The minimum absolute atomic E-state index is 0.00000420. The monoisotopic (exact) mass is 382 g/mol. The Morgan fingerprint density at radius 3 is 2.39 bits per heavy atom. The Bertz CT molecular complexity index is 785. The van der Waals surface area contributed by atoms with Gasteiger partial charge in [-0.2, -0.15) is 0 Å². The number of hydrogen-bond donors (Lipinski definition) is 1. The van der Waals surface area contributed by atoms with E-state index in [-0.39, 0.29) is 5.91 Å². The fraction of sp³-hybridized carbons (Fsp3) is 0.435. The van der Waals surface area contributed by atoms with Gasteiger partial charge in [0.25, 0.3) is 0 Å². The van der Waals surface area contributed by atoms with Crippen LogP contribution < -0.4 is 14.8 Å². The number of ether oxygens (including phenoxy) is 2. The molecule has 0 aliphatic carbocycles. The number of carbonyl (C=O) groups excluding carboxylic acids is 1. The maximum absolute atomic E-state index is 12.4. The first-order valence-corrected chi connectivity index (χ1v) is 9.96. The molecule has 1 saturated heterocycles. The summed E-state index contributed by atoms with van der Waals surface area (Å²) in [5, 5.41) is 3.06. The molecule has 2 aromatic rings. The SMILES string of the molecule is COc1ccc(CC(=O)NCc2ccccc2CN2CCCCC2)cc1OC. The van der Waals surface area contributed by atoms with Gasteiger partial charge >= 0.3 is 0 Å². The van der Waals surface area contributed by atoms with Crippen LogP contribution in [0.4, 0.5) is 0 Å². The number of nitrogens with zero attached hydrogens (tertiary/aromatic N) is 1. The molecule has 5 heteroatoms. The maximum atomic E-state index is 12.4. The quantitative estimate of drug-likeness (QED) is 0.759. The highest BCUT2D eigenvalue weighted by Crippen LogP contribution is 2.27. The van der Waals surface area contributed by atoms with Gasteiger partial charge in [0.15, 0.2) is 11.5 Å². The molecule has 1 aliphatic rings. The summed E-state index contributed by atoms with van der Waals surface area (Å²) in [6, 6.07) is 14.0. The standard InChI is InChI=1S/C23H30N2O3/c1-27-21-11-10-18(14-22(21)28-2)15-23(26)24-16-19-8-4-5-9-20(19)17-25-12-6-3-7-13-25/h4-5,8-11,14H,3,6-7,12-13,15-17H2,1-2H3,(H,24,26). The molecule has 150 valence electrons. The summed E-state index contributed by atoms with van der Waals surface area (Å²) in [6.45, 7) is 3.85. The van der Waals surface area contributed by atoms with Crippen molar-refractivity contribution < 1.29 is 14.3 Å². The Labute approximate surface area is 167 Å². The van der Waals surface area contributed by atoms with Crippen LogP contribution >= 0.6 is 0 Å². The van der Waals surface area contributed by atoms with Gasteiger partial charge in [-0.1, -0.05) is 36.8 Å². The molecule has 1 fully saturated rings. The second kappa shape index (κ2) is 10.1. The van der Waals surface area contributed by atoms with Gasteiger partial charge in [0.05, 0.1) is 20.6 Å². The topological polar surface area (TPSA) is 50.8 Å². The zero-order valence-electron chi connectivity index (χ0n) is 16.9. The number of hydrogen-bond acceptors (Lipinski definition) is 4. The van der Waals surface area contributed by atoms with Gasteiger partial charge in [-0.05, 0) is 54.8 Å². The summed E-state index contributed by atoms with van der Waals surface area (Å²) >= 11 is 0. The van der Waals surface area contributed by atoms with E-state index in [0.717, 1.165) is 12.1 Å². The summed E-state index contributed by atoms with van der Waals surface area (Å²) < 4.78 is 10.6. The molecule has 1 amide bonds. The first-order chi connectivity index (χ1) is 13.7. The summed E-state index contributed by atoms with van der Waals surface area (Å²) in [5.74, 6) is 1.30. The zero-order valence-corrected chi connectivity index (χ0v) is 16.9. The normalized spacial score (nSPS) is 14.5. The minimum atomic E-state index is -0.00000420. The first-order valence-electron chi connectivity index (χ1n) is 9.96. The predicted molar refractivity (Wildman–Crippen MR) is 111 cm³/mol. The Hall–Kier alpha value is -2.53. The third-order valence-corrected chi connectivity index (χ3v) is 5.25. The molecule has 0 saturated carbocycles. The summed E-state index contributed by atoms with van der Waals surface area (Å²) in [7, 11) is 3.20. The van der Waals surface area contributed by atoms with Gasteiger partial charge in [0.1, 0.15) is 0 Å². The lowest BCUT2D eigenvalue weighted by molar-refractivity contribution is -0.120. The van der Waals surface area contributed by atoms with Crippen molar-refractivity contribution in [2.75, 3.05) is 27.3 Å². The molecule has 3 rings (SSSR count). The van der Waals surface area contributed by atoms with Crippen LogP contribution in [0.25, 0.3) is 0 Å². The summed E-state index contributed by atoms with van der Waals surface area (Å²) in [5.41, 5.74) is 3.39. The summed E-state index contributed by atoms with van der Waals surface area (Å²) in [4.78, 5) is 15.0. The second-order valence-electron chi connectivity index (χ2n) is 7.25. The molecule has 0 spiro atoms. The van der Waals surface area contributed by atoms with Crippen LogP contribution in [0.1, 0.15) is 36.0 Å². The van der Waals surface area contributed by atoms with Crippen molar-refractivity contribution in [3.8, 4) is 11.5 Å². The van der Waals surface area contributed by atoms with E-state index in [9.17, 15) is 4.79 Å². The molecule has 5 nitrogen and oxygen atoms in total. The van der Waals surface area contributed by atoms with Gasteiger partial charge in [-0.25, -0.2) is 0 Å². The molecule has 1 heterocycles. The van der Waals surface area contributed by atoms with Crippen LogP contribution in [0.3, 0.4) is 0 Å². The van der Waals surface area contributed by atoms with Crippen molar-refractivity contribution in [2.45, 2.75) is 38.8 Å². The van der Waals surface area contributed by atoms with Crippen molar-refractivity contribution in [1.29, 1.82) is 0 Å². The van der Waals surface area contributed by atoms with E-state index in [1.807, 2.05) is 24.3 Å². The number of piperidine rings is 1. The van der Waals surface area contributed by atoms with Crippen LogP contribution in [-0.2, 0) is 24.3 Å². The van der Waals surface area contributed by atoms with E-state index in [1.54, 1.807) is 14.2 Å². The minimum Gasteiger partial charge on any atom is -0.493 e. The molecule has 0 aromatic heterocycles. The number of likely N-dealkylation sites (tertiary alicyclic amines) is 1. The number of amides is 1. The van der Waals surface area contributed by atoms with Crippen molar-refractivity contribution >= 4 is 5.91 Å². The molecule has 2 aromatic carbocycles. The fourth-order valence-corrected chi connectivity index (χ4v) is 3.67. The van der Waals surface area contributed by atoms with Gasteiger partial charge in [0.2, 0.25) is 5.91 Å². The first kappa shape index (κ1) is 20.2. The van der Waals surface area contributed by atoms with Gasteiger partial charge < -0.3 is 14.8 Å². The van der Waals surface area contributed by atoms with Crippen LogP contribution in [0.15, 0.2) is 42.5 Å². The molecular weight excluding hydrogens is 352 g/mol. The largest absolute Gasteiger partial charge is 0.493 e. The number of carbonyl (C=O) groups is 1. The van der Waals surface area contributed by atoms with Crippen molar-refractivity contribution in [3.05, 3.63) is 59.2 Å².